The maximum atomic E-state index is 12.1. The van der Waals surface area contributed by atoms with Crippen molar-refractivity contribution in [2.24, 2.45) is 0 Å². The van der Waals surface area contributed by atoms with Crippen molar-refractivity contribution < 1.29 is 4.79 Å². The molecular weight excluding hydrogens is 224 g/mol. The normalized spacial score (nSPS) is 12.1. The van der Waals surface area contributed by atoms with Gasteiger partial charge in [-0.05, 0) is 23.6 Å². The number of hydrogen-bond donors (Lipinski definition) is 2. The average molecular weight is 242 g/mol. The molecule has 0 radical (unpaired) electrons. The third kappa shape index (κ3) is 3.00. The summed E-state index contributed by atoms with van der Waals surface area (Å²) >= 11 is 0. The predicted molar refractivity (Wildman–Crippen MR) is 72.1 cm³/mol. The van der Waals surface area contributed by atoms with Crippen LogP contribution in [0.15, 0.2) is 48.8 Å². The first-order valence-corrected chi connectivity index (χ1v) is 6.25. The number of hydrogen-bond acceptors (Lipinski definition) is 1. The highest BCUT2D eigenvalue weighted by Crippen LogP contribution is 2.19. The second-order valence-electron chi connectivity index (χ2n) is 4.31. The van der Waals surface area contributed by atoms with Crippen molar-refractivity contribution in [3.8, 4) is 0 Å². The van der Waals surface area contributed by atoms with E-state index in [1.54, 1.807) is 0 Å². The highest BCUT2D eigenvalue weighted by Gasteiger charge is 2.17. The van der Waals surface area contributed by atoms with Crippen LogP contribution in [0.1, 0.15) is 30.4 Å². The summed E-state index contributed by atoms with van der Waals surface area (Å²) in [6, 6.07) is 11.9. The Morgan fingerprint density at radius 3 is 2.67 bits per heavy atom. The third-order valence-electron chi connectivity index (χ3n) is 3.06. The summed E-state index contributed by atoms with van der Waals surface area (Å²) in [5.41, 5.74) is 2.16. The van der Waals surface area contributed by atoms with Gasteiger partial charge >= 0.3 is 0 Å². The van der Waals surface area contributed by atoms with Crippen LogP contribution in [0.2, 0.25) is 0 Å². The molecular formula is C15H18N2O. The summed E-state index contributed by atoms with van der Waals surface area (Å²) < 4.78 is 0. The Morgan fingerprint density at radius 2 is 2.06 bits per heavy atom. The molecule has 1 heterocycles. The van der Waals surface area contributed by atoms with Gasteiger partial charge in [-0.3, -0.25) is 4.79 Å². The van der Waals surface area contributed by atoms with E-state index in [-0.39, 0.29) is 11.8 Å². The number of aromatic nitrogens is 1. The molecule has 2 rings (SSSR count). The van der Waals surface area contributed by atoms with Crippen molar-refractivity contribution in [2.75, 3.05) is 0 Å². The van der Waals surface area contributed by atoms with Crippen molar-refractivity contribution in [2.45, 2.75) is 25.8 Å². The first-order chi connectivity index (χ1) is 8.81. The number of amides is 1. The molecule has 0 fully saturated rings. The van der Waals surface area contributed by atoms with Crippen molar-refractivity contribution in [3.63, 3.8) is 0 Å². The number of nitrogens with one attached hydrogen (secondary N) is 2. The fourth-order valence-corrected chi connectivity index (χ4v) is 2.04. The number of carbonyl (C=O) groups excluding carboxylic acids is 1. The molecule has 1 aromatic heterocycles. The van der Waals surface area contributed by atoms with Crippen LogP contribution in [0.4, 0.5) is 0 Å². The summed E-state index contributed by atoms with van der Waals surface area (Å²) in [5, 5.41) is 2.98. The quantitative estimate of drug-likeness (QED) is 0.832. The maximum Gasteiger partial charge on any atom is 0.227 e. The van der Waals surface area contributed by atoms with Gasteiger partial charge in [-0.2, -0.15) is 0 Å². The number of carbonyl (C=O) groups is 1. The van der Waals surface area contributed by atoms with E-state index in [2.05, 4.69) is 10.3 Å². The van der Waals surface area contributed by atoms with E-state index in [0.29, 0.717) is 6.54 Å². The highest BCUT2D eigenvalue weighted by atomic mass is 16.1. The lowest BCUT2D eigenvalue weighted by Gasteiger charge is -2.15. The standard InChI is InChI=1S/C15H18N2O/c1-2-14(13-6-4-3-5-7-13)15(18)17-11-12-8-9-16-10-12/h3-10,14,16H,2,11H2,1H3,(H,17,18). The molecule has 0 aliphatic carbocycles. The lowest BCUT2D eigenvalue weighted by Crippen LogP contribution is -2.28. The lowest BCUT2D eigenvalue weighted by atomic mass is 9.95. The fourth-order valence-electron chi connectivity index (χ4n) is 2.04. The molecule has 0 saturated carbocycles. The van der Waals surface area contributed by atoms with Crippen molar-refractivity contribution >= 4 is 5.91 Å². The molecule has 0 aliphatic heterocycles. The van der Waals surface area contributed by atoms with Crippen LogP contribution in [0.25, 0.3) is 0 Å². The van der Waals surface area contributed by atoms with Crippen LogP contribution in [0, 0.1) is 0 Å². The number of benzene rings is 1. The van der Waals surface area contributed by atoms with Gasteiger partial charge in [-0.1, -0.05) is 37.3 Å². The van der Waals surface area contributed by atoms with Gasteiger partial charge in [-0.25, -0.2) is 0 Å². The molecule has 0 spiro atoms. The van der Waals surface area contributed by atoms with E-state index < -0.39 is 0 Å². The fraction of sp³-hybridized carbons (Fsp3) is 0.267. The second-order valence-corrected chi connectivity index (χ2v) is 4.31. The van der Waals surface area contributed by atoms with Gasteiger partial charge < -0.3 is 10.3 Å². The topological polar surface area (TPSA) is 44.9 Å². The molecule has 94 valence electrons. The van der Waals surface area contributed by atoms with Gasteiger partial charge in [0.1, 0.15) is 0 Å². The lowest BCUT2D eigenvalue weighted by molar-refractivity contribution is -0.122. The molecule has 1 aromatic carbocycles. The largest absolute Gasteiger partial charge is 0.367 e. The van der Waals surface area contributed by atoms with Gasteiger partial charge in [0.05, 0.1) is 5.92 Å². The maximum absolute atomic E-state index is 12.1. The molecule has 2 N–H and O–H groups in total. The van der Waals surface area contributed by atoms with Crippen LogP contribution in [0.3, 0.4) is 0 Å². The Labute approximate surface area is 107 Å². The molecule has 0 bridgehead atoms. The van der Waals surface area contributed by atoms with Crippen LogP contribution in [-0.2, 0) is 11.3 Å². The summed E-state index contributed by atoms with van der Waals surface area (Å²) in [5.74, 6) is 0.0232. The van der Waals surface area contributed by atoms with E-state index in [0.717, 1.165) is 17.5 Å². The second kappa shape index (κ2) is 6.05. The van der Waals surface area contributed by atoms with Crippen molar-refractivity contribution in [1.29, 1.82) is 0 Å². The smallest absolute Gasteiger partial charge is 0.227 e. The minimum Gasteiger partial charge on any atom is -0.367 e. The van der Waals surface area contributed by atoms with E-state index in [1.165, 1.54) is 0 Å². The Morgan fingerprint density at radius 1 is 1.28 bits per heavy atom. The summed E-state index contributed by atoms with van der Waals surface area (Å²) in [6.45, 7) is 2.61. The van der Waals surface area contributed by atoms with E-state index in [1.807, 2.05) is 55.7 Å². The van der Waals surface area contributed by atoms with Crippen LogP contribution in [0.5, 0.6) is 0 Å². The number of H-pyrrole nitrogens is 1. The van der Waals surface area contributed by atoms with E-state index >= 15 is 0 Å². The molecule has 0 saturated heterocycles. The average Bonchev–Trinajstić information content (AvgIpc) is 2.92. The monoisotopic (exact) mass is 242 g/mol. The predicted octanol–water partition coefficient (Wildman–Crippen LogP) is 2.82. The van der Waals surface area contributed by atoms with Gasteiger partial charge in [0.15, 0.2) is 0 Å². The van der Waals surface area contributed by atoms with Crippen LogP contribution in [-0.4, -0.2) is 10.9 Å². The zero-order valence-electron chi connectivity index (χ0n) is 10.5. The summed E-state index contributed by atoms with van der Waals surface area (Å²) in [4.78, 5) is 15.1. The summed E-state index contributed by atoms with van der Waals surface area (Å²) in [7, 11) is 0. The first kappa shape index (κ1) is 12.4. The molecule has 0 aliphatic rings. The first-order valence-electron chi connectivity index (χ1n) is 6.25. The van der Waals surface area contributed by atoms with Crippen molar-refractivity contribution in [1.82, 2.24) is 10.3 Å². The van der Waals surface area contributed by atoms with Crippen LogP contribution < -0.4 is 5.32 Å². The molecule has 1 amide bonds. The van der Waals surface area contributed by atoms with E-state index in [9.17, 15) is 4.79 Å². The molecule has 1 unspecified atom stereocenters. The minimum atomic E-state index is -0.0647. The minimum absolute atomic E-state index is 0.0647. The zero-order chi connectivity index (χ0) is 12.8. The van der Waals surface area contributed by atoms with Crippen LogP contribution >= 0.6 is 0 Å². The molecule has 1 atom stereocenters. The number of rotatable bonds is 5. The highest BCUT2D eigenvalue weighted by molar-refractivity contribution is 5.83. The Hall–Kier alpha value is -2.03. The van der Waals surface area contributed by atoms with Crippen molar-refractivity contribution in [3.05, 3.63) is 59.9 Å². The molecule has 2 aromatic rings. The molecule has 3 heteroatoms. The third-order valence-corrected chi connectivity index (χ3v) is 3.06. The Kier molecular flexibility index (Phi) is 4.18. The molecule has 18 heavy (non-hydrogen) atoms. The van der Waals surface area contributed by atoms with Gasteiger partial charge in [0.2, 0.25) is 5.91 Å². The molecule has 3 nitrogen and oxygen atoms in total. The van der Waals surface area contributed by atoms with Gasteiger partial charge in [0, 0.05) is 18.9 Å². The summed E-state index contributed by atoms with van der Waals surface area (Å²) in [6.07, 6.45) is 4.56. The Bertz CT molecular complexity index is 476. The van der Waals surface area contributed by atoms with Gasteiger partial charge in [0.25, 0.3) is 0 Å². The van der Waals surface area contributed by atoms with E-state index in [4.69, 9.17) is 0 Å². The van der Waals surface area contributed by atoms with Gasteiger partial charge in [-0.15, -0.1) is 0 Å². The Balaban J connectivity index is 1.98. The zero-order valence-corrected chi connectivity index (χ0v) is 10.5. The number of aromatic amines is 1. The SMILES string of the molecule is CCC(C(=O)NCc1cc[nH]c1)c1ccccc1.